The second-order valence-electron chi connectivity index (χ2n) is 4.53. The number of aromatic nitrogens is 2. The lowest BCUT2D eigenvalue weighted by Gasteiger charge is -2.25. The van der Waals surface area contributed by atoms with E-state index in [1.165, 1.54) is 0 Å². The summed E-state index contributed by atoms with van der Waals surface area (Å²) in [5.41, 5.74) is 2.09. The van der Waals surface area contributed by atoms with E-state index in [-0.39, 0.29) is 0 Å². The first-order valence-electron chi connectivity index (χ1n) is 6.17. The van der Waals surface area contributed by atoms with Gasteiger partial charge in [0.2, 0.25) is 0 Å². The van der Waals surface area contributed by atoms with Gasteiger partial charge in [-0.25, -0.2) is 9.97 Å². The zero-order chi connectivity index (χ0) is 13.0. The Bertz CT molecular complexity index is 448. The maximum atomic E-state index is 4.44. The summed E-state index contributed by atoms with van der Waals surface area (Å²) in [5, 5.41) is 0.894. The standard InChI is InChI=1S/C14H19N3S/c1-11-10-12(2)16-14(15-11)18-9-7-13-6-4-5-8-17(13)3/h4-6,8,10,13H,7,9H2,1-3H3. The van der Waals surface area contributed by atoms with Crippen molar-refractivity contribution in [2.45, 2.75) is 31.5 Å². The molecule has 2 rings (SSSR count). The maximum Gasteiger partial charge on any atom is 0.187 e. The summed E-state index contributed by atoms with van der Waals surface area (Å²) in [7, 11) is 2.11. The molecule has 0 saturated heterocycles. The molecular weight excluding hydrogens is 242 g/mol. The van der Waals surface area contributed by atoms with E-state index in [0.29, 0.717) is 6.04 Å². The molecule has 0 saturated carbocycles. The van der Waals surface area contributed by atoms with Gasteiger partial charge in [-0.2, -0.15) is 0 Å². The van der Waals surface area contributed by atoms with Crippen molar-refractivity contribution in [3.63, 3.8) is 0 Å². The monoisotopic (exact) mass is 261 g/mol. The van der Waals surface area contributed by atoms with Crippen molar-refractivity contribution in [1.82, 2.24) is 14.9 Å². The fourth-order valence-corrected chi connectivity index (χ4v) is 2.91. The Morgan fingerprint density at radius 2 is 1.94 bits per heavy atom. The molecule has 0 radical (unpaired) electrons. The summed E-state index contributed by atoms with van der Waals surface area (Å²) in [5.74, 6) is 1.04. The molecule has 0 fully saturated rings. The van der Waals surface area contributed by atoms with Crippen molar-refractivity contribution in [3.05, 3.63) is 41.9 Å². The van der Waals surface area contributed by atoms with Crippen LogP contribution in [0.4, 0.5) is 0 Å². The molecule has 96 valence electrons. The van der Waals surface area contributed by atoms with Gasteiger partial charge in [-0.15, -0.1) is 0 Å². The third kappa shape index (κ3) is 3.60. The van der Waals surface area contributed by atoms with Crippen LogP contribution in [-0.4, -0.2) is 33.7 Å². The molecule has 0 aromatic carbocycles. The van der Waals surface area contributed by atoms with E-state index >= 15 is 0 Å². The Labute approximate surface area is 113 Å². The van der Waals surface area contributed by atoms with E-state index in [0.717, 1.165) is 28.7 Å². The van der Waals surface area contributed by atoms with Gasteiger partial charge in [0.15, 0.2) is 5.16 Å². The number of aryl methyl sites for hydroxylation is 2. The van der Waals surface area contributed by atoms with Crippen LogP contribution in [0, 0.1) is 13.8 Å². The van der Waals surface area contributed by atoms with E-state index in [1.54, 1.807) is 11.8 Å². The molecule has 1 aliphatic rings. The van der Waals surface area contributed by atoms with Gasteiger partial charge < -0.3 is 4.90 Å². The minimum atomic E-state index is 0.494. The number of hydrogen-bond donors (Lipinski definition) is 0. The molecule has 0 amide bonds. The molecule has 1 aromatic rings. The van der Waals surface area contributed by atoms with Crippen LogP contribution >= 0.6 is 11.8 Å². The van der Waals surface area contributed by atoms with Crippen molar-refractivity contribution in [1.29, 1.82) is 0 Å². The molecule has 1 unspecified atom stereocenters. The summed E-state index contributed by atoms with van der Waals surface area (Å²) in [6.07, 6.45) is 9.64. The van der Waals surface area contributed by atoms with Crippen LogP contribution in [0.15, 0.2) is 35.7 Å². The largest absolute Gasteiger partial charge is 0.374 e. The predicted molar refractivity (Wildman–Crippen MR) is 76.7 cm³/mol. The highest BCUT2D eigenvalue weighted by Gasteiger charge is 2.10. The van der Waals surface area contributed by atoms with Gasteiger partial charge in [0.25, 0.3) is 0 Å². The molecule has 1 atom stereocenters. The van der Waals surface area contributed by atoms with Crippen molar-refractivity contribution >= 4 is 11.8 Å². The Balaban J connectivity index is 1.85. The fraction of sp³-hybridized carbons (Fsp3) is 0.429. The summed E-state index contributed by atoms with van der Waals surface area (Å²) in [6.45, 7) is 4.03. The van der Waals surface area contributed by atoms with Gasteiger partial charge in [-0.05, 0) is 38.6 Å². The van der Waals surface area contributed by atoms with Crippen LogP contribution in [0.5, 0.6) is 0 Å². The summed E-state index contributed by atoms with van der Waals surface area (Å²) in [6, 6.07) is 2.50. The minimum absolute atomic E-state index is 0.494. The lowest BCUT2D eigenvalue weighted by molar-refractivity contribution is 0.373. The second-order valence-corrected chi connectivity index (χ2v) is 5.59. The third-order valence-electron chi connectivity index (χ3n) is 2.90. The van der Waals surface area contributed by atoms with Gasteiger partial charge in [0, 0.05) is 30.2 Å². The Hall–Kier alpha value is -1.29. The Kier molecular flexibility index (Phi) is 4.42. The topological polar surface area (TPSA) is 29.0 Å². The summed E-state index contributed by atoms with van der Waals surface area (Å²) < 4.78 is 0. The predicted octanol–water partition coefficient (Wildman–Crippen LogP) is 2.96. The zero-order valence-corrected chi connectivity index (χ0v) is 11.9. The first-order valence-corrected chi connectivity index (χ1v) is 7.16. The number of likely N-dealkylation sites (N-methyl/N-ethyl adjacent to an activating group) is 1. The van der Waals surface area contributed by atoms with Crippen molar-refractivity contribution in [3.8, 4) is 0 Å². The first kappa shape index (κ1) is 13.1. The van der Waals surface area contributed by atoms with Crippen LogP contribution in [-0.2, 0) is 0 Å². The van der Waals surface area contributed by atoms with Crippen LogP contribution in [0.1, 0.15) is 17.8 Å². The maximum absolute atomic E-state index is 4.44. The lowest BCUT2D eigenvalue weighted by atomic mass is 10.1. The zero-order valence-electron chi connectivity index (χ0n) is 11.1. The van der Waals surface area contributed by atoms with Crippen LogP contribution in [0.25, 0.3) is 0 Å². The molecule has 18 heavy (non-hydrogen) atoms. The number of thioether (sulfide) groups is 1. The summed E-state index contributed by atoms with van der Waals surface area (Å²) >= 11 is 1.74. The van der Waals surface area contributed by atoms with E-state index < -0.39 is 0 Å². The lowest BCUT2D eigenvalue weighted by Crippen LogP contribution is -2.27. The highest BCUT2D eigenvalue weighted by Crippen LogP contribution is 2.18. The SMILES string of the molecule is Cc1cc(C)nc(SCCC2C=CC=CN2C)n1. The number of allylic oxidation sites excluding steroid dienone is 2. The minimum Gasteiger partial charge on any atom is -0.374 e. The smallest absolute Gasteiger partial charge is 0.187 e. The van der Waals surface area contributed by atoms with Crippen molar-refractivity contribution in [2.75, 3.05) is 12.8 Å². The quantitative estimate of drug-likeness (QED) is 0.615. The van der Waals surface area contributed by atoms with Crippen molar-refractivity contribution in [2.24, 2.45) is 0 Å². The first-order chi connectivity index (χ1) is 8.65. The highest BCUT2D eigenvalue weighted by molar-refractivity contribution is 7.99. The van der Waals surface area contributed by atoms with Crippen LogP contribution < -0.4 is 0 Å². The molecule has 0 spiro atoms. The van der Waals surface area contributed by atoms with E-state index in [4.69, 9.17) is 0 Å². The molecule has 1 aliphatic heterocycles. The second kappa shape index (κ2) is 6.05. The normalized spacial score (nSPS) is 18.4. The highest BCUT2D eigenvalue weighted by atomic mass is 32.2. The number of hydrogen-bond acceptors (Lipinski definition) is 4. The average Bonchev–Trinajstić information content (AvgIpc) is 2.30. The molecular formula is C14H19N3S. The summed E-state index contributed by atoms with van der Waals surface area (Å²) in [4.78, 5) is 11.1. The van der Waals surface area contributed by atoms with Gasteiger partial charge in [0.05, 0.1) is 0 Å². The molecule has 4 heteroatoms. The van der Waals surface area contributed by atoms with Gasteiger partial charge in [-0.3, -0.25) is 0 Å². The molecule has 3 nitrogen and oxygen atoms in total. The van der Waals surface area contributed by atoms with Gasteiger partial charge in [0.1, 0.15) is 0 Å². The van der Waals surface area contributed by atoms with Crippen molar-refractivity contribution < 1.29 is 0 Å². The molecule has 0 bridgehead atoms. The average molecular weight is 261 g/mol. The Morgan fingerprint density at radius 1 is 1.22 bits per heavy atom. The number of rotatable bonds is 4. The van der Waals surface area contributed by atoms with E-state index in [1.807, 2.05) is 19.9 Å². The van der Waals surface area contributed by atoms with E-state index in [9.17, 15) is 0 Å². The van der Waals surface area contributed by atoms with Crippen LogP contribution in [0.2, 0.25) is 0 Å². The molecule has 0 N–H and O–H groups in total. The molecule has 0 aliphatic carbocycles. The molecule has 1 aromatic heterocycles. The van der Waals surface area contributed by atoms with Gasteiger partial charge in [-0.1, -0.05) is 23.9 Å². The Morgan fingerprint density at radius 3 is 2.61 bits per heavy atom. The molecule has 2 heterocycles. The van der Waals surface area contributed by atoms with E-state index in [2.05, 4.69) is 46.3 Å². The van der Waals surface area contributed by atoms with Gasteiger partial charge >= 0.3 is 0 Å². The number of nitrogens with zero attached hydrogens (tertiary/aromatic N) is 3. The fourth-order valence-electron chi connectivity index (χ4n) is 1.95. The van der Waals surface area contributed by atoms with Crippen LogP contribution in [0.3, 0.4) is 0 Å². The third-order valence-corrected chi connectivity index (χ3v) is 3.78.